The first kappa shape index (κ1) is 12.1. The predicted octanol–water partition coefficient (Wildman–Crippen LogP) is 0.850. The monoisotopic (exact) mass is 217 g/mol. The second-order valence-corrected chi connectivity index (χ2v) is 3.44. The summed E-state index contributed by atoms with van der Waals surface area (Å²) in [6, 6.07) is 3.64. The van der Waals surface area contributed by atoms with Crippen LogP contribution in [0.1, 0.15) is 24.6 Å². The Kier molecular flexibility index (Phi) is 4.34. The van der Waals surface area contributed by atoms with Gasteiger partial charge < -0.3 is 11.1 Å². The molecular formula is C12H15N3O. The molecule has 1 aromatic heterocycles. The number of aromatic nitrogens is 1. The van der Waals surface area contributed by atoms with E-state index in [1.54, 1.807) is 6.07 Å². The van der Waals surface area contributed by atoms with Crippen LogP contribution in [0.15, 0.2) is 12.1 Å². The molecule has 84 valence electrons. The molecule has 1 amide bonds. The lowest BCUT2D eigenvalue weighted by atomic mass is 10.2. The third-order valence-electron chi connectivity index (χ3n) is 1.95. The van der Waals surface area contributed by atoms with Crippen LogP contribution in [0.3, 0.4) is 0 Å². The number of hydrogen-bond acceptors (Lipinski definition) is 3. The van der Waals surface area contributed by atoms with E-state index in [0.29, 0.717) is 24.5 Å². The van der Waals surface area contributed by atoms with Crippen molar-refractivity contribution in [1.29, 1.82) is 0 Å². The number of aryl methyl sites for hydroxylation is 1. The zero-order chi connectivity index (χ0) is 12.0. The summed E-state index contributed by atoms with van der Waals surface area (Å²) >= 11 is 0. The number of carbonyl (C=O) groups excluding carboxylic acids is 1. The molecule has 0 saturated carbocycles. The number of anilines is 1. The van der Waals surface area contributed by atoms with Gasteiger partial charge in [-0.25, -0.2) is 4.98 Å². The van der Waals surface area contributed by atoms with Gasteiger partial charge in [0.15, 0.2) is 0 Å². The molecule has 16 heavy (non-hydrogen) atoms. The number of nitrogens with one attached hydrogen (secondary N) is 1. The van der Waals surface area contributed by atoms with Crippen LogP contribution in [0.25, 0.3) is 0 Å². The van der Waals surface area contributed by atoms with Gasteiger partial charge in [0.25, 0.3) is 0 Å². The van der Waals surface area contributed by atoms with Crippen molar-refractivity contribution in [1.82, 2.24) is 10.3 Å². The van der Waals surface area contributed by atoms with Gasteiger partial charge in [-0.2, -0.15) is 0 Å². The number of nitrogens with zero attached hydrogens (tertiary/aromatic N) is 1. The van der Waals surface area contributed by atoms with E-state index < -0.39 is 0 Å². The molecule has 4 nitrogen and oxygen atoms in total. The maximum absolute atomic E-state index is 10.6. The minimum Gasteiger partial charge on any atom is -0.384 e. The first-order valence-corrected chi connectivity index (χ1v) is 5.06. The van der Waals surface area contributed by atoms with Gasteiger partial charge in [-0.05, 0) is 24.5 Å². The Bertz CT molecular complexity index is 443. The number of carbonyl (C=O) groups is 1. The minimum absolute atomic E-state index is 0.0416. The second kappa shape index (κ2) is 5.76. The number of nitrogen functional groups attached to an aromatic ring is 1. The normalized spacial score (nSPS) is 9.12. The highest BCUT2D eigenvalue weighted by Gasteiger charge is 1.95. The van der Waals surface area contributed by atoms with Gasteiger partial charge in [0.05, 0.1) is 0 Å². The lowest BCUT2D eigenvalue weighted by molar-refractivity contribution is -0.118. The largest absolute Gasteiger partial charge is 0.384 e. The lowest BCUT2D eigenvalue weighted by Gasteiger charge is -1.98. The van der Waals surface area contributed by atoms with Crippen molar-refractivity contribution in [2.75, 3.05) is 12.3 Å². The van der Waals surface area contributed by atoms with Crippen LogP contribution in [-0.4, -0.2) is 17.4 Å². The molecule has 3 N–H and O–H groups in total. The van der Waals surface area contributed by atoms with Crippen molar-refractivity contribution in [2.24, 2.45) is 0 Å². The summed E-state index contributed by atoms with van der Waals surface area (Å²) in [6.07, 6.45) is 0.607. The molecule has 1 rings (SSSR count). The first-order valence-electron chi connectivity index (χ1n) is 5.06. The standard InChI is InChI=1S/C12H15N3O/c1-9-6-7-12(13)15-11(9)5-3-4-8-14-10(2)16/h6-7H,4,8H2,1-2H3,(H2,13,15)(H,14,16). The van der Waals surface area contributed by atoms with Gasteiger partial charge in [-0.3, -0.25) is 4.79 Å². The average molecular weight is 217 g/mol. The molecule has 0 bridgehead atoms. The van der Waals surface area contributed by atoms with Gasteiger partial charge in [-0.15, -0.1) is 0 Å². The van der Waals surface area contributed by atoms with E-state index >= 15 is 0 Å². The molecule has 0 aliphatic heterocycles. The summed E-state index contributed by atoms with van der Waals surface area (Å²) in [5.74, 6) is 6.31. The maximum Gasteiger partial charge on any atom is 0.216 e. The fourth-order valence-electron chi connectivity index (χ4n) is 1.12. The van der Waals surface area contributed by atoms with Gasteiger partial charge >= 0.3 is 0 Å². The van der Waals surface area contributed by atoms with Crippen molar-refractivity contribution in [3.05, 3.63) is 23.4 Å². The van der Waals surface area contributed by atoms with Crippen LogP contribution in [0.2, 0.25) is 0 Å². The highest BCUT2D eigenvalue weighted by molar-refractivity contribution is 5.72. The van der Waals surface area contributed by atoms with Crippen molar-refractivity contribution < 1.29 is 4.79 Å². The molecular weight excluding hydrogens is 202 g/mol. The molecule has 4 heteroatoms. The summed E-state index contributed by atoms with van der Waals surface area (Å²) in [4.78, 5) is 14.7. The fraction of sp³-hybridized carbons (Fsp3) is 0.333. The summed E-state index contributed by atoms with van der Waals surface area (Å²) in [5.41, 5.74) is 7.26. The highest BCUT2D eigenvalue weighted by Crippen LogP contribution is 2.05. The smallest absolute Gasteiger partial charge is 0.216 e. The summed E-state index contributed by atoms with van der Waals surface area (Å²) in [7, 11) is 0. The zero-order valence-corrected chi connectivity index (χ0v) is 9.50. The molecule has 0 saturated heterocycles. The van der Waals surface area contributed by atoms with Crippen LogP contribution in [0.5, 0.6) is 0 Å². The summed E-state index contributed by atoms with van der Waals surface area (Å²) < 4.78 is 0. The first-order chi connectivity index (χ1) is 7.59. The molecule has 0 unspecified atom stereocenters. The van der Waals surface area contributed by atoms with E-state index in [9.17, 15) is 4.79 Å². The molecule has 0 aromatic carbocycles. The third kappa shape index (κ3) is 4.01. The molecule has 0 aliphatic carbocycles. The van der Waals surface area contributed by atoms with Crippen LogP contribution in [0.4, 0.5) is 5.82 Å². The predicted molar refractivity (Wildman–Crippen MR) is 63.6 cm³/mol. The number of amides is 1. The lowest BCUT2D eigenvalue weighted by Crippen LogP contribution is -2.20. The Hall–Kier alpha value is -2.02. The van der Waals surface area contributed by atoms with Gasteiger partial charge in [0.1, 0.15) is 11.5 Å². The van der Waals surface area contributed by atoms with Gasteiger partial charge in [0.2, 0.25) is 5.91 Å². The molecule has 1 aromatic rings. The number of nitrogens with two attached hydrogens (primary N) is 1. The van der Waals surface area contributed by atoms with Gasteiger partial charge in [0, 0.05) is 19.9 Å². The Morgan fingerprint density at radius 1 is 1.56 bits per heavy atom. The van der Waals surface area contributed by atoms with Crippen LogP contribution in [-0.2, 0) is 4.79 Å². The van der Waals surface area contributed by atoms with Crippen molar-refractivity contribution in [2.45, 2.75) is 20.3 Å². The summed E-state index contributed by atoms with van der Waals surface area (Å²) in [5, 5.41) is 2.67. The highest BCUT2D eigenvalue weighted by atomic mass is 16.1. The molecule has 0 radical (unpaired) electrons. The topological polar surface area (TPSA) is 68.0 Å². The maximum atomic E-state index is 10.6. The second-order valence-electron chi connectivity index (χ2n) is 3.44. The fourth-order valence-corrected chi connectivity index (χ4v) is 1.12. The van der Waals surface area contributed by atoms with E-state index in [1.165, 1.54) is 6.92 Å². The van der Waals surface area contributed by atoms with E-state index in [0.717, 1.165) is 5.56 Å². The molecule has 0 aliphatic rings. The molecule has 0 fully saturated rings. The van der Waals surface area contributed by atoms with E-state index in [2.05, 4.69) is 22.1 Å². The molecule has 0 spiro atoms. The van der Waals surface area contributed by atoms with Crippen molar-refractivity contribution in [3.8, 4) is 11.8 Å². The van der Waals surface area contributed by atoms with E-state index in [4.69, 9.17) is 5.73 Å². The Morgan fingerprint density at radius 3 is 3.00 bits per heavy atom. The molecule has 1 heterocycles. The van der Waals surface area contributed by atoms with Gasteiger partial charge in [-0.1, -0.05) is 12.0 Å². The van der Waals surface area contributed by atoms with Crippen molar-refractivity contribution >= 4 is 11.7 Å². The molecule has 0 atom stereocenters. The quantitative estimate of drug-likeness (QED) is 0.570. The SMILES string of the molecule is CC(=O)NCCC#Cc1nc(N)ccc1C. The number of hydrogen-bond donors (Lipinski definition) is 2. The van der Waals surface area contributed by atoms with Crippen LogP contribution < -0.4 is 11.1 Å². The van der Waals surface area contributed by atoms with E-state index in [1.807, 2.05) is 13.0 Å². The van der Waals surface area contributed by atoms with Crippen LogP contribution >= 0.6 is 0 Å². The number of pyridine rings is 1. The third-order valence-corrected chi connectivity index (χ3v) is 1.95. The summed E-state index contributed by atoms with van der Waals surface area (Å²) in [6.45, 7) is 3.98. The van der Waals surface area contributed by atoms with Crippen molar-refractivity contribution in [3.63, 3.8) is 0 Å². The van der Waals surface area contributed by atoms with E-state index in [-0.39, 0.29) is 5.91 Å². The Morgan fingerprint density at radius 2 is 2.31 bits per heavy atom. The minimum atomic E-state index is -0.0416. The number of rotatable bonds is 2. The zero-order valence-electron chi connectivity index (χ0n) is 9.50. The Balaban J connectivity index is 2.56. The average Bonchev–Trinajstić information content (AvgIpc) is 2.22. The Labute approximate surface area is 95.3 Å². The van der Waals surface area contributed by atoms with Crippen LogP contribution in [0, 0.1) is 18.8 Å².